The van der Waals surface area contributed by atoms with Crippen LogP contribution in [-0.2, 0) is 0 Å². The van der Waals surface area contributed by atoms with Crippen LogP contribution in [0, 0.1) is 0 Å². The Balaban J connectivity index is 1.73. The zero-order chi connectivity index (χ0) is 19.9. The molecule has 0 saturated heterocycles. The third kappa shape index (κ3) is 4.21. The largest absolute Gasteiger partial charge is 0.497 e. The summed E-state index contributed by atoms with van der Waals surface area (Å²) in [6.45, 7) is 0. The predicted octanol–water partition coefficient (Wildman–Crippen LogP) is 2.58. The van der Waals surface area contributed by atoms with Crippen molar-refractivity contribution in [2.75, 3.05) is 30.7 Å². The molecular formula is C19H20N6O3. The number of benzene rings is 2. The fourth-order valence-electron chi connectivity index (χ4n) is 2.45. The van der Waals surface area contributed by atoms with Crippen LogP contribution >= 0.6 is 0 Å². The van der Waals surface area contributed by atoms with Crippen LogP contribution in [0.25, 0.3) is 0 Å². The molecule has 1 amide bonds. The molecule has 9 nitrogen and oxygen atoms in total. The normalized spacial score (nSPS) is 10.1. The maximum Gasteiger partial charge on any atom is 0.273 e. The Hall–Kier alpha value is -4.01. The van der Waals surface area contributed by atoms with Crippen LogP contribution in [0.2, 0.25) is 0 Å². The van der Waals surface area contributed by atoms with Gasteiger partial charge in [0.05, 0.1) is 19.8 Å². The summed E-state index contributed by atoms with van der Waals surface area (Å²) in [6, 6.07) is 14.2. The highest BCUT2D eigenvalue weighted by Crippen LogP contribution is 2.27. The molecule has 0 spiro atoms. The maximum atomic E-state index is 12.4. The van der Waals surface area contributed by atoms with Gasteiger partial charge in [0.25, 0.3) is 5.91 Å². The first-order valence-corrected chi connectivity index (χ1v) is 8.33. The van der Waals surface area contributed by atoms with E-state index in [2.05, 4.69) is 26.1 Å². The Morgan fingerprint density at radius 3 is 2.57 bits per heavy atom. The summed E-state index contributed by atoms with van der Waals surface area (Å²) < 4.78 is 10.4. The van der Waals surface area contributed by atoms with Crippen LogP contribution in [0.3, 0.4) is 0 Å². The summed E-state index contributed by atoms with van der Waals surface area (Å²) in [7, 11) is 3.09. The zero-order valence-corrected chi connectivity index (χ0v) is 15.4. The van der Waals surface area contributed by atoms with E-state index in [0.29, 0.717) is 22.9 Å². The molecule has 144 valence electrons. The van der Waals surface area contributed by atoms with Gasteiger partial charge in [0, 0.05) is 11.8 Å². The Bertz CT molecular complexity index is 979. The average molecular weight is 380 g/mol. The number of amides is 1. The number of hydrogen-bond donors (Lipinski definition) is 4. The Kier molecular flexibility index (Phi) is 5.75. The number of para-hydroxylation sites is 1. The smallest absolute Gasteiger partial charge is 0.273 e. The SMILES string of the molecule is COc1cccc(Nc2ncnc(NNC(=O)c3ccccc3OC)c2N)c1. The lowest BCUT2D eigenvalue weighted by Gasteiger charge is -2.14. The molecule has 5 N–H and O–H groups in total. The fourth-order valence-corrected chi connectivity index (χ4v) is 2.45. The maximum absolute atomic E-state index is 12.4. The molecule has 9 heteroatoms. The van der Waals surface area contributed by atoms with Crippen molar-refractivity contribution in [1.29, 1.82) is 0 Å². The molecule has 0 bridgehead atoms. The van der Waals surface area contributed by atoms with E-state index in [4.69, 9.17) is 15.2 Å². The number of carbonyl (C=O) groups is 1. The van der Waals surface area contributed by atoms with E-state index in [1.807, 2.05) is 18.2 Å². The van der Waals surface area contributed by atoms with E-state index in [9.17, 15) is 4.79 Å². The van der Waals surface area contributed by atoms with E-state index in [1.165, 1.54) is 13.4 Å². The molecule has 0 aliphatic carbocycles. The summed E-state index contributed by atoms with van der Waals surface area (Å²) in [4.78, 5) is 20.6. The number of methoxy groups -OCH3 is 2. The molecule has 2 aromatic carbocycles. The van der Waals surface area contributed by atoms with Gasteiger partial charge in [-0.2, -0.15) is 0 Å². The van der Waals surface area contributed by atoms with Gasteiger partial charge in [-0.15, -0.1) is 0 Å². The van der Waals surface area contributed by atoms with Gasteiger partial charge in [0.15, 0.2) is 11.6 Å². The number of aromatic nitrogens is 2. The minimum atomic E-state index is -0.391. The first-order chi connectivity index (χ1) is 13.6. The predicted molar refractivity (Wildman–Crippen MR) is 107 cm³/mol. The van der Waals surface area contributed by atoms with Crippen molar-refractivity contribution in [3.05, 3.63) is 60.4 Å². The highest BCUT2D eigenvalue weighted by Gasteiger charge is 2.13. The topological polar surface area (TPSA) is 123 Å². The van der Waals surface area contributed by atoms with Crippen molar-refractivity contribution in [2.45, 2.75) is 0 Å². The highest BCUT2D eigenvalue weighted by atomic mass is 16.5. The fraction of sp³-hybridized carbons (Fsp3) is 0.105. The standard InChI is InChI=1S/C19H20N6O3/c1-27-13-7-5-6-12(10-13)23-17-16(20)18(22-11-21-17)24-25-19(26)14-8-3-4-9-15(14)28-2/h3-11H,20H2,1-2H3,(H,25,26)(H2,21,22,23,24). The Morgan fingerprint density at radius 2 is 1.79 bits per heavy atom. The number of carbonyl (C=O) groups excluding carboxylic acids is 1. The summed E-state index contributed by atoms with van der Waals surface area (Å²) in [5.74, 6) is 1.40. The molecule has 3 aromatic rings. The molecule has 1 aromatic heterocycles. The van der Waals surface area contributed by atoms with E-state index < -0.39 is 5.91 Å². The number of hydrazine groups is 1. The van der Waals surface area contributed by atoms with Gasteiger partial charge < -0.3 is 20.5 Å². The zero-order valence-electron chi connectivity index (χ0n) is 15.4. The second kappa shape index (κ2) is 8.58. The summed E-state index contributed by atoms with van der Waals surface area (Å²) in [5.41, 5.74) is 12.8. The van der Waals surface area contributed by atoms with Gasteiger partial charge >= 0.3 is 0 Å². The van der Waals surface area contributed by atoms with Crippen molar-refractivity contribution in [3.63, 3.8) is 0 Å². The van der Waals surface area contributed by atoms with Crippen LogP contribution in [0.4, 0.5) is 23.0 Å². The summed E-state index contributed by atoms with van der Waals surface area (Å²) in [6.07, 6.45) is 1.33. The van der Waals surface area contributed by atoms with E-state index in [-0.39, 0.29) is 11.5 Å². The number of anilines is 4. The number of hydrogen-bond acceptors (Lipinski definition) is 8. The number of nitrogens with two attached hydrogens (primary N) is 1. The molecule has 0 saturated carbocycles. The van der Waals surface area contributed by atoms with Gasteiger partial charge in [0.2, 0.25) is 0 Å². The second-order valence-corrected chi connectivity index (χ2v) is 5.62. The minimum absolute atomic E-state index is 0.241. The van der Waals surface area contributed by atoms with Gasteiger partial charge in [0.1, 0.15) is 23.5 Å². The monoisotopic (exact) mass is 380 g/mol. The number of nitrogens with one attached hydrogen (secondary N) is 3. The van der Waals surface area contributed by atoms with Gasteiger partial charge in [-0.3, -0.25) is 15.6 Å². The first kappa shape index (κ1) is 18.8. The first-order valence-electron chi connectivity index (χ1n) is 8.33. The third-order valence-electron chi connectivity index (χ3n) is 3.86. The quantitative estimate of drug-likeness (QED) is 0.461. The molecular weight excluding hydrogens is 360 g/mol. The molecule has 0 aliphatic rings. The lowest BCUT2D eigenvalue weighted by molar-refractivity contribution is 0.0959. The van der Waals surface area contributed by atoms with E-state index in [0.717, 1.165) is 5.69 Å². The van der Waals surface area contributed by atoms with Crippen molar-refractivity contribution in [1.82, 2.24) is 15.4 Å². The number of rotatable bonds is 7. The van der Waals surface area contributed by atoms with Crippen LogP contribution in [-0.4, -0.2) is 30.1 Å². The van der Waals surface area contributed by atoms with Crippen molar-refractivity contribution < 1.29 is 14.3 Å². The number of nitrogens with zero attached hydrogens (tertiary/aromatic N) is 2. The average Bonchev–Trinajstić information content (AvgIpc) is 2.74. The number of ether oxygens (including phenoxy) is 2. The summed E-state index contributed by atoms with van der Waals surface area (Å²) >= 11 is 0. The second-order valence-electron chi connectivity index (χ2n) is 5.62. The third-order valence-corrected chi connectivity index (χ3v) is 3.86. The van der Waals surface area contributed by atoms with Gasteiger partial charge in [-0.05, 0) is 24.3 Å². The van der Waals surface area contributed by atoms with Crippen molar-refractivity contribution in [3.8, 4) is 11.5 Å². The van der Waals surface area contributed by atoms with E-state index >= 15 is 0 Å². The Morgan fingerprint density at radius 1 is 1.00 bits per heavy atom. The van der Waals surface area contributed by atoms with Crippen molar-refractivity contribution in [2.24, 2.45) is 0 Å². The van der Waals surface area contributed by atoms with Crippen LogP contribution in [0.5, 0.6) is 11.5 Å². The van der Waals surface area contributed by atoms with Gasteiger partial charge in [-0.25, -0.2) is 9.97 Å². The molecule has 0 unspecified atom stereocenters. The van der Waals surface area contributed by atoms with Gasteiger partial charge in [-0.1, -0.05) is 18.2 Å². The van der Waals surface area contributed by atoms with E-state index in [1.54, 1.807) is 37.4 Å². The highest BCUT2D eigenvalue weighted by molar-refractivity contribution is 5.97. The molecule has 0 aliphatic heterocycles. The molecule has 1 heterocycles. The Labute approximate surface area is 161 Å². The summed E-state index contributed by atoms with van der Waals surface area (Å²) in [5, 5.41) is 3.10. The molecule has 0 atom stereocenters. The molecule has 0 fully saturated rings. The lowest BCUT2D eigenvalue weighted by Crippen LogP contribution is -2.30. The van der Waals surface area contributed by atoms with Crippen molar-refractivity contribution >= 4 is 28.9 Å². The van der Waals surface area contributed by atoms with Crippen LogP contribution in [0.15, 0.2) is 54.9 Å². The molecule has 28 heavy (non-hydrogen) atoms. The number of nitrogen functional groups attached to an aromatic ring is 1. The lowest BCUT2D eigenvalue weighted by atomic mass is 10.2. The molecule has 0 radical (unpaired) electrons. The molecule has 3 rings (SSSR count). The minimum Gasteiger partial charge on any atom is -0.497 e. The van der Waals surface area contributed by atoms with Crippen LogP contribution in [0.1, 0.15) is 10.4 Å². The van der Waals surface area contributed by atoms with Crippen LogP contribution < -0.4 is 31.4 Å².